The predicted octanol–water partition coefficient (Wildman–Crippen LogP) is 2.88. The molecule has 1 unspecified atom stereocenters. The van der Waals surface area contributed by atoms with Gasteiger partial charge in [0, 0.05) is 17.4 Å². The van der Waals surface area contributed by atoms with Crippen molar-refractivity contribution in [3.05, 3.63) is 47.9 Å². The van der Waals surface area contributed by atoms with Crippen molar-refractivity contribution in [3.63, 3.8) is 0 Å². The van der Waals surface area contributed by atoms with E-state index in [1.54, 1.807) is 0 Å². The number of rotatable bonds is 5. The first-order valence-corrected chi connectivity index (χ1v) is 6.81. The molecule has 2 aromatic rings. The van der Waals surface area contributed by atoms with Crippen molar-refractivity contribution < 1.29 is 9.53 Å². The molecule has 0 fully saturated rings. The number of aryl methyl sites for hydroxylation is 1. The van der Waals surface area contributed by atoms with Crippen LogP contribution in [0.2, 0.25) is 0 Å². The summed E-state index contributed by atoms with van der Waals surface area (Å²) in [6.45, 7) is 3.78. The zero-order chi connectivity index (χ0) is 15.2. The molecule has 0 saturated carbocycles. The second-order valence-corrected chi connectivity index (χ2v) is 4.99. The van der Waals surface area contributed by atoms with Crippen LogP contribution in [0.3, 0.4) is 0 Å². The minimum Gasteiger partial charge on any atom is -0.469 e. The van der Waals surface area contributed by atoms with Crippen LogP contribution < -0.4 is 5.32 Å². The quantitative estimate of drug-likeness (QED) is 0.856. The van der Waals surface area contributed by atoms with E-state index in [0.717, 1.165) is 22.8 Å². The zero-order valence-electron chi connectivity index (χ0n) is 12.5. The molecule has 2 rings (SSSR count). The summed E-state index contributed by atoms with van der Waals surface area (Å²) in [6.07, 6.45) is 2.20. The maximum absolute atomic E-state index is 11.4. The van der Waals surface area contributed by atoms with Crippen LogP contribution in [0.15, 0.2) is 36.7 Å². The van der Waals surface area contributed by atoms with Gasteiger partial charge in [0.1, 0.15) is 12.1 Å². The Bertz CT molecular complexity index is 611. The highest BCUT2D eigenvalue weighted by molar-refractivity contribution is 5.72. The summed E-state index contributed by atoms with van der Waals surface area (Å²) in [5.41, 5.74) is 2.95. The zero-order valence-corrected chi connectivity index (χ0v) is 12.5. The molecule has 0 radical (unpaired) electrons. The maximum Gasteiger partial charge on any atom is 0.308 e. The van der Waals surface area contributed by atoms with Crippen LogP contribution in [0.25, 0.3) is 0 Å². The molecule has 1 atom stereocenters. The number of ether oxygens (including phenoxy) is 1. The lowest BCUT2D eigenvalue weighted by atomic mass is 10.0. The number of nitrogens with zero attached hydrogens (tertiary/aromatic N) is 2. The van der Waals surface area contributed by atoms with Crippen LogP contribution in [0.1, 0.15) is 18.2 Å². The number of nitrogens with one attached hydrogen (secondary N) is 1. The van der Waals surface area contributed by atoms with Gasteiger partial charge in [-0.2, -0.15) is 0 Å². The molecule has 0 amide bonds. The molecule has 0 bridgehead atoms. The van der Waals surface area contributed by atoms with Crippen molar-refractivity contribution in [2.45, 2.75) is 20.3 Å². The minimum atomic E-state index is -0.186. The number of hydrogen-bond acceptors (Lipinski definition) is 5. The van der Waals surface area contributed by atoms with Gasteiger partial charge in [-0.1, -0.05) is 19.1 Å². The lowest BCUT2D eigenvalue weighted by molar-refractivity contribution is -0.144. The number of hydrogen-bond donors (Lipinski definition) is 1. The summed E-state index contributed by atoms with van der Waals surface area (Å²) in [6, 6.07) is 9.81. The standard InChI is InChI=1S/C16H19N3O2/c1-11(16(20)21-3)8-13-4-6-14(7-5-13)19-15-9-12(2)17-10-18-15/h4-7,9-11H,8H2,1-3H3,(H,17,18,19). The first-order valence-electron chi connectivity index (χ1n) is 6.81. The van der Waals surface area contributed by atoms with E-state index in [-0.39, 0.29) is 11.9 Å². The summed E-state index contributed by atoms with van der Waals surface area (Å²) >= 11 is 0. The first kappa shape index (κ1) is 15.0. The SMILES string of the molecule is COC(=O)C(C)Cc1ccc(Nc2cc(C)ncn2)cc1. The fraction of sp³-hybridized carbons (Fsp3) is 0.312. The van der Waals surface area contributed by atoms with Crippen LogP contribution in [0.4, 0.5) is 11.5 Å². The van der Waals surface area contributed by atoms with Crippen LogP contribution in [-0.2, 0) is 16.0 Å². The summed E-state index contributed by atoms with van der Waals surface area (Å²) in [7, 11) is 1.41. The Balaban J connectivity index is 2.00. The van der Waals surface area contributed by atoms with Crippen LogP contribution >= 0.6 is 0 Å². The van der Waals surface area contributed by atoms with E-state index in [2.05, 4.69) is 15.3 Å². The third-order valence-corrected chi connectivity index (χ3v) is 3.18. The molecule has 0 aliphatic heterocycles. The molecule has 1 aromatic heterocycles. The summed E-state index contributed by atoms with van der Waals surface area (Å²) < 4.78 is 4.73. The number of carbonyl (C=O) groups is 1. The van der Waals surface area contributed by atoms with Crippen molar-refractivity contribution in [1.29, 1.82) is 0 Å². The predicted molar refractivity (Wildman–Crippen MR) is 81.4 cm³/mol. The Hall–Kier alpha value is -2.43. The topological polar surface area (TPSA) is 64.1 Å². The molecule has 5 heteroatoms. The van der Waals surface area contributed by atoms with Crippen LogP contribution in [0.5, 0.6) is 0 Å². The lowest BCUT2D eigenvalue weighted by Gasteiger charge is -2.10. The largest absolute Gasteiger partial charge is 0.469 e. The molecular weight excluding hydrogens is 266 g/mol. The van der Waals surface area contributed by atoms with Crippen molar-refractivity contribution in [3.8, 4) is 0 Å². The number of methoxy groups -OCH3 is 1. The minimum absolute atomic E-state index is 0.140. The van der Waals surface area contributed by atoms with Crippen molar-refractivity contribution in [2.24, 2.45) is 5.92 Å². The van der Waals surface area contributed by atoms with E-state index in [1.807, 2.05) is 44.2 Å². The highest BCUT2D eigenvalue weighted by Crippen LogP contribution is 2.17. The van der Waals surface area contributed by atoms with Crippen LogP contribution in [0, 0.1) is 12.8 Å². The van der Waals surface area contributed by atoms with E-state index >= 15 is 0 Å². The molecular formula is C16H19N3O2. The van der Waals surface area contributed by atoms with Gasteiger partial charge in [-0.15, -0.1) is 0 Å². The fourth-order valence-electron chi connectivity index (χ4n) is 2.03. The number of aromatic nitrogens is 2. The van der Waals surface area contributed by atoms with Crippen molar-refractivity contribution in [1.82, 2.24) is 9.97 Å². The average Bonchev–Trinajstić information content (AvgIpc) is 2.48. The average molecular weight is 285 g/mol. The van der Waals surface area contributed by atoms with E-state index in [0.29, 0.717) is 6.42 Å². The maximum atomic E-state index is 11.4. The third-order valence-electron chi connectivity index (χ3n) is 3.18. The van der Waals surface area contributed by atoms with E-state index < -0.39 is 0 Å². The highest BCUT2D eigenvalue weighted by atomic mass is 16.5. The van der Waals surface area contributed by atoms with Gasteiger partial charge >= 0.3 is 5.97 Å². The molecule has 110 valence electrons. The van der Waals surface area contributed by atoms with Gasteiger partial charge < -0.3 is 10.1 Å². The number of anilines is 2. The second kappa shape index (κ2) is 6.83. The Labute approximate surface area is 124 Å². The summed E-state index contributed by atoms with van der Waals surface area (Å²) in [5.74, 6) is 0.435. The number of esters is 1. The number of carbonyl (C=O) groups excluding carboxylic acids is 1. The molecule has 1 heterocycles. The third kappa shape index (κ3) is 4.27. The van der Waals surface area contributed by atoms with Crippen molar-refractivity contribution >= 4 is 17.5 Å². The number of benzene rings is 1. The summed E-state index contributed by atoms with van der Waals surface area (Å²) in [4.78, 5) is 19.6. The second-order valence-electron chi connectivity index (χ2n) is 4.99. The fourth-order valence-corrected chi connectivity index (χ4v) is 2.03. The smallest absolute Gasteiger partial charge is 0.308 e. The molecule has 0 aliphatic rings. The molecule has 1 aromatic carbocycles. The van der Waals surface area contributed by atoms with Gasteiger partial charge in [-0.25, -0.2) is 9.97 Å². The van der Waals surface area contributed by atoms with Gasteiger partial charge in [0.25, 0.3) is 0 Å². The Morgan fingerprint density at radius 1 is 1.29 bits per heavy atom. The van der Waals surface area contributed by atoms with Gasteiger partial charge in [0.05, 0.1) is 13.0 Å². The molecule has 5 nitrogen and oxygen atoms in total. The van der Waals surface area contributed by atoms with Gasteiger partial charge in [0.15, 0.2) is 0 Å². The van der Waals surface area contributed by atoms with Crippen LogP contribution in [-0.4, -0.2) is 23.0 Å². The van der Waals surface area contributed by atoms with Gasteiger partial charge in [-0.3, -0.25) is 4.79 Å². The first-order chi connectivity index (χ1) is 10.1. The Kier molecular flexibility index (Phi) is 4.87. The van der Waals surface area contributed by atoms with Crippen molar-refractivity contribution in [2.75, 3.05) is 12.4 Å². The lowest BCUT2D eigenvalue weighted by Crippen LogP contribution is -2.15. The Morgan fingerprint density at radius 3 is 2.62 bits per heavy atom. The normalized spacial score (nSPS) is 11.8. The summed E-state index contributed by atoms with van der Waals surface area (Å²) in [5, 5.41) is 3.22. The molecule has 21 heavy (non-hydrogen) atoms. The monoisotopic (exact) mass is 285 g/mol. The van der Waals surface area contributed by atoms with Gasteiger partial charge in [0.2, 0.25) is 0 Å². The molecule has 0 spiro atoms. The highest BCUT2D eigenvalue weighted by Gasteiger charge is 2.13. The molecule has 0 saturated heterocycles. The molecule has 1 N–H and O–H groups in total. The van der Waals surface area contributed by atoms with Gasteiger partial charge in [-0.05, 0) is 31.0 Å². The van der Waals surface area contributed by atoms with E-state index in [9.17, 15) is 4.79 Å². The Morgan fingerprint density at radius 2 is 2.00 bits per heavy atom. The molecule has 0 aliphatic carbocycles. The van der Waals surface area contributed by atoms with E-state index in [1.165, 1.54) is 13.4 Å². The van der Waals surface area contributed by atoms with E-state index in [4.69, 9.17) is 4.74 Å².